The predicted molar refractivity (Wildman–Crippen MR) is 119 cm³/mol. The molecule has 1 aliphatic rings. The Bertz CT molecular complexity index is 1140. The lowest BCUT2D eigenvalue weighted by atomic mass is 10.1. The number of nitrogens with one attached hydrogen (secondary N) is 3. The van der Waals surface area contributed by atoms with E-state index < -0.39 is 11.9 Å². The molecule has 6 nitrogen and oxygen atoms in total. The van der Waals surface area contributed by atoms with Crippen molar-refractivity contribution in [2.45, 2.75) is 32.1 Å². The summed E-state index contributed by atoms with van der Waals surface area (Å²) in [5, 5.41) is 7.10. The standard InChI is InChI=1S/C23H24F3N5O/c1-14-12-31(13-15(2)28-14)22-16(3-7-20(30-22)23(24,25)26)4-8-21(32)29-18-5-6-19-17(11-18)9-10-27-19/h3-11,14-15,27-28H,12-13H2,1-2H3,(H,29,32). The third kappa shape index (κ3) is 4.94. The van der Waals surface area contributed by atoms with Crippen molar-refractivity contribution in [3.63, 3.8) is 0 Å². The van der Waals surface area contributed by atoms with Crippen LogP contribution in [0.25, 0.3) is 17.0 Å². The number of halogens is 3. The molecule has 1 aliphatic heterocycles. The second kappa shape index (κ2) is 8.66. The molecular formula is C23H24F3N5O. The summed E-state index contributed by atoms with van der Waals surface area (Å²) in [4.78, 5) is 21.3. The maximum Gasteiger partial charge on any atom is 0.433 e. The number of alkyl halides is 3. The van der Waals surface area contributed by atoms with Crippen molar-refractivity contribution in [2.24, 2.45) is 0 Å². The number of fused-ring (bicyclic) bond motifs is 1. The lowest BCUT2D eigenvalue weighted by Gasteiger charge is -2.37. The Balaban J connectivity index is 1.58. The topological polar surface area (TPSA) is 73.0 Å². The fraction of sp³-hybridized carbons (Fsp3) is 0.304. The number of rotatable bonds is 4. The molecule has 1 saturated heterocycles. The smallest absolute Gasteiger partial charge is 0.361 e. The summed E-state index contributed by atoms with van der Waals surface area (Å²) in [5.74, 6) is -0.161. The predicted octanol–water partition coefficient (Wildman–Crippen LogP) is 4.42. The molecule has 1 fully saturated rings. The van der Waals surface area contributed by atoms with Gasteiger partial charge in [-0.05, 0) is 56.3 Å². The van der Waals surface area contributed by atoms with Crippen LogP contribution in [-0.2, 0) is 11.0 Å². The number of carbonyl (C=O) groups excluding carboxylic acids is 1. The molecule has 32 heavy (non-hydrogen) atoms. The summed E-state index contributed by atoms with van der Waals surface area (Å²) in [6, 6.07) is 9.87. The number of aromatic nitrogens is 2. The lowest BCUT2D eigenvalue weighted by molar-refractivity contribution is -0.141. The number of amides is 1. The summed E-state index contributed by atoms with van der Waals surface area (Å²) in [6.07, 6.45) is 0.0812. The van der Waals surface area contributed by atoms with E-state index in [1.807, 2.05) is 43.1 Å². The number of pyridine rings is 1. The lowest BCUT2D eigenvalue weighted by Crippen LogP contribution is -2.54. The van der Waals surface area contributed by atoms with Gasteiger partial charge >= 0.3 is 6.18 Å². The summed E-state index contributed by atoms with van der Waals surface area (Å²) < 4.78 is 39.9. The monoisotopic (exact) mass is 443 g/mol. The highest BCUT2D eigenvalue weighted by Crippen LogP contribution is 2.31. The molecular weight excluding hydrogens is 419 g/mol. The van der Waals surface area contributed by atoms with Crippen LogP contribution in [-0.4, -0.2) is 41.0 Å². The number of nitrogens with zero attached hydrogens (tertiary/aromatic N) is 2. The van der Waals surface area contributed by atoms with Gasteiger partial charge in [0.1, 0.15) is 11.5 Å². The fourth-order valence-electron chi connectivity index (χ4n) is 3.98. The summed E-state index contributed by atoms with van der Waals surface area (Å²) in [7, 11) is 0. The summed E-state index contributed by atoms with van der Waals surface area (Å²) in [6.45, 7) is 4.98. The van der Waals surface area contributed by atoms with Crippen LogP contribution in [0.3, 0.4) is 0 Å². The molecule has 1 amide bonds. The average Bonchev–Trinajstić information content (AvgIpc) is 3.18. The highest BCUT2D eigenvalue weighted by Gasteiger charge is 2.34. The summed E-state index contributed by atoms with van der Waals surface area (Å²) >= 11 is 0. The minimum absolute atomic E-state index is 0.0959. The molecule has 9 heteroatoms. The first kappa shape index (κ1) is 21.9. The molecule has 0 saturated carbocycles. The van der Waals surface area contributed by atoms with Crippen molar-refractivity contribution in [1.29, 1.82) is 0 Å². The molecule has 0 radical (unpaired) electrons. The van der Waals surface area contributed by atoms with Gasteiger partial charge in [-0.1, -0.05) is 0 Å². The van der Waals surface area contributed by atoms with Crippen LogP contribution >= 0.6 is 0 Å². The Morgan fingerprint density at radius 1 is 1.16 bits per heavy atom. The van der Waals surface area contributed by atoms with E-state index in [1.165, 1.54) is 18.2 Å². The first-order chi connectivity index (χ1) is 15.2. The fourth-order valence-corrected chi connectivity index (χ4v) is 3.98. The largest absolute Gasteiger partial charge is 0.433 e. The van der Waals surface area contributed by atoms with E-state index in [0.717, 1.165) is 17.0 Å². The maximum absolute atomic E-state index is 13.3. The van der Waals surface area contributed by atoms with E-state index in [-0.39, 0.29) is 23.8 Å². The van der Waals surface area contributed by atoms with Crippen molar-refractivity contribution in [1.82, 2.24) is 15.3 Å². The van der Waals surface area contributed by atoms with E-state index in [4.69, 9.17) is 0 Å². The Hall–Kier alpha value is -3.33. The van der Waals surface area contributed by atoms with Gasteiger partial charge in [0.05, 0.1) is 0 Å². The number of benzene rings is 1. The number of hydrogen-bond donors (Lipinski definition) is 3. The highest BCUT2D eigenvalue weighted by atomic mass is 19.4. The van der Waals surface area contributed by atoms with Crippen molar-refractivity contribution < 1.29 is 18.0 Å². The Morgan fingerprint density at radius 2 is 1.91 bits per heavy atom. The van der Waals surface area contributed by atoms with E-state index in [2.05, 4.69) is 20.6 Å². The number of anilines is 2. The molecule has 168 valence electrons. The molecule has 3 aromatic rings. The van der Waals surface area contributed by atoms with Gasteiger partial charge in [0.15, 0.2) is 0 Å². The first-order valence-electron chi connectivity index (χ1n) is 10.3. The van der Waals surface area contributed by atoms with Gasteiger partial charge in [-0.2, -0.15) is 13.2 Å². The van der Waals surface area contributed by atoms with Gasteiger partial charge in [-0.25, -0.2) is 4.98 Å². The van der Waals surface area contributed by atoms with Gasteiger partial charge in [0, 0.05) is 59.6 Å². The quantitative estimate of drug-likeness (QED) is 0.522. The number of hydrogen-bond acceptors (Lipinski definition) is 4. The molecule has 3 N–H and O–H groups in total. The van der Waals surface area contributed by atoms with Gasteiger partial charge < -0.3 is 20.5 Å². The van der Waals surface area contributed by atoms with Crippen molar-refractivity contribution in [3.8, 4) is 0 Å². The van der Waals surface area contributed by atoms with Gasteiger partial charge in [0.2, 0.25) is 5.91 Å². The van der Waals surface area contributed by atoms with Gasteiger partial charge in [0.25, 0.3) is 0 Å². The van der Waals surface area contributed by atoms with Gasteiger partial charge in [-0.15, -0.1) is 0 Å². The van der Waals surface area contributed by atoms with Crippen molar-refractivity contribution >= 4 is 34.4 Å². The second-order valence-electron chi connectivity index (χ2n) is 8.08. The van der Waals surface area contributed by atoms with Crippen LogP contribution < -0.4 is 15.5 Å². The highest BCUT2D eigenvalue weighted by molar-refractivity contribution is 6.03. The molecule has 0 spiro atoms. The average molecular weight is 443 g/mol. The molecule has 4 rings (SSSR count). The van der Waals surface area contributed by atoms with E-state index in [1.54, 1.807) is 6.07 Å². The second-order valence-corrected chi connectivity index (χ2v) is 8.08. The zero-order valence-corrected chi connectivity index (χ0v) is 17.7. The normalized spacial score (nSPS) is 19.6. The van der Waals surface area contributed by atoms with Gasteiger partial charge in [-0.3, -0.25) is 4.79 Å². The molecule has 2 aromatic heterocycles. The third-order valence-electron chi connectivity index (χ3n) is 5.29. The van der Waals surface area contributed by atoms with Crippen LogP contribution in [0.2, 0.25) is 0 Å². The molecule has 0 aliphatic carbocycles. The Labute approximate surface area is 183 Å². The molecule has 0 bridgehead atoms. The molecule has 3 heterocycles. The van der Waals surface area contributed by atoms with Crippen LogP contribution in [0.4, 0.5) is 24.7 Å². The first-order valence-corrected chi connectivity index (χ1v) is 10.3. The van der Waals surface area contributed by atoms with E-state index >= 15 is 0 Å². The SMILES string of the molecule is CC1CN(c2nc(C(F)(F)F)ccc2C=CC(=O)Nc2ccc3[nH]ccc3c2)CC(C)N1. The van der Waals surface area contributed by atoms with Crippen LogP contribution in [0, 0.1) is 0 Å². The van der Waals surface area contributed by atoms with E-state index in [0.29, 0.717) is 24.3 Å². The third-order valence-corrected chi connectivity index (χ3v) is 5.29. The molecule has 2 atom stereocenters. The van der Waals surface area contributed by atoms with Crippen LogP contribution in [0.15, 0.2) is 48.7 Å². The minimum atomic E-state index is -4.55. The number of H-pyrrole nitrogens is 1. The minimum Gasteiger partial charge on any atom is -0.361 e. The Morgan fingerprint density at radius 3 is 2.62 bits per heavy atom. The number of aromatic amines is 1. The zero-order valence-electron chi connectivity index (χ0n) is 17.7. The Kier molecular flexibility index (Phi) is 5.92. The zero-order chi connectivity index (χ0) is 22.9. The number of piperazine rings is 1. The van der Waals surface area contributed by atoms with Crippen molar-refractivity contribution in [3.05, 3.63) is 59.9 Å². The molecule has 2 unspecified atom stereocenters. The summed E-state index contributed by atoms with van der Waals surface area (Å²) in [5.41, 5.74) is 1.09. The van der Waals surface area contributed by atoms with Crippen molar-refractivity contribution in [2.75, 3.05) is 23.3 Å². The maximum atomic E-state index is 13.3. The van der Waals surface area contributed by atoms with E-state index in [9.17, 15) is 18.0 Å². The van der Waals surface area contributed by atoms with Crippen LogP contribution in [0.1, 0.15) is 25.1 Å². The molecule has 1 aromatic carbocycles. The number of carbonyl (C=O) groups is 1. The van der Waals surface area contributed by atoms with Crippen LogP contribution in [0.5, 0.6) is 0 Å².